The zero-order valence-electron chi connectivity index (χ0n) is 15.2. The lowest BCUT2D eigenvalue weighted by Crippen LogP contribution is -2.43. The molecule has 0 spiro atoms. The average Bonchev–Trinajstić information content (AvgIpc) is 2.66. The van der Waals surface area contributed by atoms with Gasteiger partial charge in [-0.15, -0.1) is 0 Å². The summed E-state index contributed by atoms with van der Waals surface area (Å²) >= 11 is 0. The number of ether oxygens (including phenoxy) is 1. The molecule has 0 aliphatic rings. The van der Waals surface area contributed by atoms with E-state index in [1.165, 1.54) is 19.2 Å². The summed E-state index contributed by atoms with van der Waals surface area (Å²) in [5.41, 5.74) is 0.368. The molecule has 2 aromatic rings. The number of hydrogen-bond acceptors (Lipinski definition) is 4. The van der Waals surface area contributed by atoms with E-state index in [4.69, 9.17) is 4.74 Å². The molecule has 0 radical (unpaired) electrons. The Hall–Kier alpha value is -2.54. The Kier molecular flexibility index (Phi) is 6.63. The van der Waals surface area contributed by atoms with Crippen LogP contribution in [0.3, 0.4) is 0 Å². The van der Waals surface area contributed by atoms with E-state index in [9.17, 15) is 13.2 Å². The number of benzene rings is 2. The molecule has 26 heavy (non-hydrogen) atoms. The van der Waals surface area contributed by atoms with Crippen LogP contribution < -0.4 is 14.4 Å². The molecule has 0 aromatic heterocycles. The minimum absolute atomic E-state index is 0.0333. The smallest absolute Gasteiger partial charge is 0.264 e. The van der Waals surface area contributed by atoms with Gasteiger partial charge in [-0.3, -0.25) is 9.10 Å². The molecule has 0 saturated carbocycles. The van der Waals surface area contributed by atoms with Crippen LogP contribution in [-0.2, 0) is 14.8 Å². The Morgan fingerprint density at radius 1 is 1.15 bits per heavy atom. The maximum absolute atomic E-state index is 13.1. The molecular formula is C19H24N2O4S. The van der Waals surface area contributed by atoms with E-state index in [2.05, 4.69) is 5.32 Å². The van der Waals surface area contributed by atoms with Gasteiger partial charge in [-0.05, 0) is 37.6 Å². The summed E-state index contributed by atoms with van der Waals surface area (Å²) in [6, 6.07) is 14.7. The Labute approximate surface area is 154 Å². The van der Waals surface area contributed by atoms with Crippen LogP contribution in [0.5, 0.6) is 5.75 Å². The first-order chi connectivity index (χ1) is 12.4. The molecule has 0 saturated heterocycles. The van der Waals surface area contributed by atoms with Crippen molar-refractivity contribution in [3.8, 4) is 5.75 Å². The van der Waals surface area contributed by atoms with Crippen LogP contribution in [0.2, 0.25) is 0 Å². The van der Waals surface area contributed by atoms with E-state index in [0.29, 0.717) is 11.4 Å². The van der Waals surface area contributed by atoms with Crippen LogP contribution in [0.1, 0.15) is 20.3 Å². The van der Waals surface area contributed by atoms with Crippen LogP contribution in [0.15, 0.2) is 59.5 Å². The van der Waals surface area contributed by atoms with Gasteiger partial charge in [0.05, 0.1) is 17.7 Å². The first-order valence-electron chi connectivity index (χ1n) is 8.39. The Balaban J connectivity index is 2.43. The van der Waals surface area contributed by atoms with Crippen LogP contribution >= 0.6 is 0 Å². The van der Waals surface area contributed by atoms with Crippen molar-refractivity contribution in [1.82, 2.24) is 5.32 Å². The minimum Gasteiger partial charge on any atom is -0.497 e. The van der Waals surface area contributed by atoms with Gasteiger partial charge in [0.15, 0.2) is 0 Å². The first-order valence-corrected chi connectivity index (χ1v) is 9.83. The number of sulfonamides is 1. The van der Waals surface area contributed by atoms with Crippen molar-refractivity contribution < 1.29 is 17.9 Å². The fourth-order valence-corrected chi connectivity index (χ4v) is 3.79. The van der Waals surface area contributed by atoms with Gasteiger partial charge in [-0.1, -0.05) is 31.2 Å². The third-order valence-electron chi connectivity index (χ3n) is 3.98. The molecule has 0 aliphatic carbocycles. The molecule has 0 heterocycles. The molecule has 0 fully saturated rings. The van der Waals surface area contributed by atoms with Crippen molar-refractivity contribution in [3.63, 3.8) is 0 Å². The number of methoxy groups -OCH3 is 1. The number of rotatable bonds is 8. The summed E-state index contributed by atoms with van der Waals surface area (Å²) in [4.78, 5) is 12.5. The van der Waals surface area contributed by atoms with Gasteiger partial charge >= 0.3 is 0 Å². The van der Waals surface area contributed by atoms with Crippen LogP contribution in [-0.4, -0.2) is 34.0 Å². The number of nitrogens with one attached hydrogen (secondary N) is 1. The third-order valence-corrected chi connectivity index (χ3v) is 5.77. The fourth-order valence-electron chi connectivity index (χ4n) is 2.35. The van der Waals surface area contributed by atoms with E-state index in [1.54, 1.807) is 42.5 Å². The lowest BCUT2D eigenvalue weighted by atomic mass is 10.2. The summed E-state index contributed by atoms with van der Waals surface area (Å²) in [5, 5.41) is 2.81. The lowest BCUT2D eigenvalue weighted by Gasteiger charge is -2.25. The van der Waals surface area contributed by atoms with Crippen molar-refractivity contribution >= 4 is 21.6 Å². The largest absolute Gasteiger partial charge is 0.497 e. The van der Waals surface area contributed by atoms with E-state index < -0.39 is 10.0 Å². The summed E-state index contributed by atoms with van der Waals surface area (Å²) in [7, 11) is -2.39. The molecule has 0 bridgehead atoms. The second-order valence-electron chi connectivity index (χ2n) is 5.90. The molecule has 0 aliphatic heterocycles. The van der Waals surface area contributed by atoms with Gasteiger partial charge < -0.3 is 10.1 Å². The highest BCUT2D eigenvalue weighted by Crippen LogP contribution is 2.26. The molecule has 140 valence electrons. The Morgan fingerprint density at radius 2 is 1.85 bits per heavy atom. The molecular weight excluding hydrogens is 352 g/mol. The molecule has 2 rings (SSSR count). The number of carbonyl (C=O) groups excluding carboxylic acids is 1. The number of carbonyl (C=O) groups is 1. The van der Waals surface area contributed by atoms with Gasteiger partial charge in [-0.25, -0.2) is 8.42 Å². The number of hydrogen-bond donors (Lipinski definition) is 1. The van der Waals surface area contributed by atoms with Crippen molar-refractivity contribution in [1.29, 1.82) is 0 Å². The fraction of sp³-hybridized carbons (Fsp3) is 0.316. The monoisotopic (exact) mass is 376 g/mol. The normalized spacial score (nSPS) is 12.3. The van der Waals surface area contributed by atoms with Crippen LogP contribution in [0, 0.1) is 0 Å². The average molecular weight is 376 g/mol. The molecule has 1 amide bonds. The van der Waals surface area contributed by atoms with Gasteiger partial charge in [-0.2, -0.15) is 0 Å². The minimum atomic E-state index is -3.90. The summed E-state index contributed by atoms with van der Waals surface area (Å²) in [6.07, 6.45) is 0.760. The Bertz CT molecular complexity index is 838. The summed E-state index contributed by atoms with van der Waals surface area (Å²) < 4.78 is 32.5. The van der Waals surface area contributed by atoms with Gasteiger partial charge in [0.1, 0.15) is 12.3 Å². The van der Waals surface area contributed by atoms with Crippen LogP contribution in [0.25, 0.3) is 0 Å². The Morgan fingerprint density at radius 3 is 2.46 bits per heavy atom. The number of anilines is 1. The molecule has 0 unspecified atom stereocenters. The summed E-state index contributed by atoms with van der Waals surface area (Å²) in [5.74, 6) is 0.153. The molecule has 7 heteroatoms. The van der Waals surface area contributed by atoms with E-state index in [1.807, 2.05) is 13.8 Å². The van der Waals surface area contributed by atoms with E-state index >= 15 is 0 Å². The standard InChI is InChI=1S/C19H24N2O4S/c1-4-15(2)20-19(22)14-21(16-9-8-10-17(13-16)25-3)26(23,24)18-11-6-5-7-12-18/h5-13,15H,4,14H2,1-3H3,(H,20,22)/t15-/m1/s1. The van der Waals surface area contributed by atoms with Crippen molar-refractivity contribution in [2.24, 2.45) is 0 Å². The summed E-state index contributed by atoms with van der Waals surface area (Å²) in [6.45, 7) is 3.51. The second kappa shape index (κ2) is 8.71. The highest BCUT2D eigenvalue weighted by Gasteiger charge is 2.27. The maximum Gasteiger partial charge on any atom is 0.264 e. The van der Waals surface area contributed by atoms with Gasteiger partial charge in [0.25, 0.3) is 10.0 Å². The lowest BCUT2D eigenvalue weighted by molar-refractivity contribution is -0.120. The third kappa shape index (κ3) is 4.76. The highest BCUT2D eigenvalue weighted by atomic mass is 32.2. The van der Waals surface area contributed by atoms with Gasteiger partial charge in [0.2, 0.25) is 5.91 Å². The van der Waals surface area contributed by atoms with Gasteiger partial charge in [0, 0.05) is 12.1 Å². The number of amides is 1. The topological polar surface area (TPSA) is 75.7 Å². The van der Waals surface area contributed by atoms with E-state index in [0.717, 1.165) is 10.7 Å². The zero-order valence-corrected chi connectivity index (χ0v) is 16.0. The number of nitrogens with zero attached hydrogens (tertiary/aromatic N) is 1. The molecule has 6 nitrogen and oxygen atoms in total. The second-order valence-corrected chi connectivity index (χ2v) is 7.77. The maximum atomic E-state index is 13.1. The van der Waals surface area contributed by atoms with Crippen molar-refractivity contribution in [3.05, 3.63) is 54.6 Å². The van der Waals surface area contributed by atoms with Crippen molar-refractivity contribution in [2.45, 2.75) is 31.2 Å². The zero-order chi connectivity index (χ0) is 19.2. The molecule has 1 atom stereocenters. The predicted octanol–water partition coefficient (Wildman–Crippen LogP) is 2.81. The first kappa shape index (κ1) is 19.8. The predicted molar refractivity (Wildman–Crippen MR) is 102 cm³/mol. The van der Waals surface area contributed by atoms with E-state index in [-0.39, 0.29) is 23.4 Å². The highest BCUT2D eigenvalue weighted by molar-refractivity contribution is 7.92. The van der Waals surface area contributed by atoms with Crippen molar-refractivity contribution in [2.75, 3.05) is 18.0 Å². The van der Waals surface area contributed by atoms with Crippen LogP contribution in [0.4, 0.5) is 5.69 Å². The molecule has 1 N–H and O–H groups in total. The molecule has 2 aromatic carbocycles. The SMILES string of the molecule is CC[C@@H](C)NC(=O)CN(c1cccc(OC)c1)S(=O)(=O)c1ccccc1. The quantitative estimate of drug-likeness (QED) is 0.769.